The van der Waals surface area contributed by atoms with Crippen LogP contribution >= 0.6 is 0 Å². The van der Waals surface area contributed by atoms with Gasteiger partial charge in [-0.15, -0.1) is 0 Å². The first kappa shape index (κ1) is 15.9. The number of likely N-dealkylation sites (tertiary alicyclic amines) is 1. The molecule has 0 unspecified atom stereocenters. The summed E-state index contributed by atoms with van der Waals surface area (Å²) in [7, 11) is 7.49. The Morgan fingerprint density at radius 2 is 1.96 bits per heavy atom. The van der Waals surface area contributed by atoms with E-state index in [4.69, 9.17) is 18.9 Å². The maximum Gasteiger partial charge on any atom is 0.206 e. The predicted octanol–water partition coefficient (Wildman–Crippen LogP) is 2.35. The second kappa shape index (κ2) is 5.12. The summed E-state index contributed by atoms with van der Waals surface area (Å²) in [5, 5.41) is 0. The third-order valence-electron chi connectivity index (χ3n) is 7.49. The number of benzene rings is 1. The number of rotatable bonds is 3. The van der Waals surface area contributed by atoms with E-state index in [9.17, 15) is 0 Å². The average molecular weight is 345 g/mol. The Morgan fingerprint density at radius 1 is 1.16 bits per heavy atom. The molecule has 1 aromatic rings. The zero-order valence-corrected chi connectivity index (χ0v) is 15.5. The highest BCUT2D eigenvalue weighted by molar-refractivity contribution is 5.61. The van der Waals surface area contributed by atoms with Crippen molar-refractivity contribution in [2.24, 2.45) is 5.92 Å². The topological polar surface area (TPSA) is 40.2 Å². The van der Waals surface area contributed by atoms with Crippen LogP contribution in [0.4, 0.5) is 0 Å². The van der Waals surface area contributed by atoms with Gasteiger partial charge in [0.15, 0.2) is 17.6 Å². The number of hydrogen-bond acceptors (Lipinski definition) is 5. The fourth-order valence-electron chi connectivity index (χ4n) is 6.36. The van der Waals surface area contributed by atoms with E-state index in [0.717, 1.165) is 43.7 Å². The van der Waals surface area contributed by atoms with Crippen molar-refractivity contribution in [2.75, 3.05) is 34.9 Å². The molecular weight excluding hydrogens is 318 g/mol. The van der Waals surface area contributed by atoms with Crippen LogP contribution in [0, 0.1) is 5.92 Å². The third kappa shape index (κ3) is 1.70. The molecule has 4 atom stereocenters. The van der Waals surface area contributed by atoms with Gasteiger partial charge < -0.3 is 23.8 Å². The average Bonchev–Trinajstić information content (AvgIpc) is 3.00. The monoisotopic (exact) mass is 345 g/mol. The van der Waals surface area contributed by atoms with Crippen molar-refractivity contribution in [1.29, 1.82) is 0 Å². The van der Waals surface area contributed by atoms with Crippen LogP contribution in [0.3, 0.4) is 0 Å². The lowest BCUT2D eigenvalue weighted by Crippen LogP contribution is -2.70. The van der Waals surface area contributed by atoms with Crippen LogP contribution in [0.25, 0.3) is 0 Å². The number of likely N-dealkylation sites (N-methyl/N-ethyl adjacent to an activating group) is 1. The molecule has 2 fully saturated rings. The molecule has 0 aromatic heterocycles. The van der Waals surface area contributed by atoms with E-state index in [2.05, 4.69) is 24.1 Å². The second-order valence-electron chi connectivity index (χ2n) is 8.04. The van der Waals surface area contributed by atoms with Gasteiger partial charge in [-0.1, -0.05) is 6.07 Å². The molecule has 0 N–H and O–H groups in total. The van der Waals surface area contributed by atoms with Crippen LogP contribution in [0.2, 0.25) is 0 Å². The minimum atomic E-state index is -0.685. The first-order valence-electron chi connectivity index (χ1n) is 9.29. The molecule has 4 aliphatic rings. The maximum atomic E-state index is 6.64. The lowest BCUT2D eigenvalue weighted by atomic mass is 9.50. The smallest absolute Gasteiger partial charge is 0.206 e. The van der Waals surface area contributed by atoms with E-state index >= 15 is 0 Å². The highest BCUT2D eigenvalue weighted by atomic mass is 16.7. The summed E-state index contributed by atoms with van der Waals surface area (Å²) < 4.78 is 24.2. The Balaban J connectivity index is 1.78. The summed E-state index contributed by atoms with van der Waals surface area (Å²) in [5.41, 5.74) is 2.76. The van der Waals surface area contributed by atoms with Gasteiger partial charge in [0.1, 0.15) is 0 Å². The summed E-state index contributed by atoms with van der Waals surface area (Å²) in [6.07, 6.45) is 4.03. The molecule has 2 aliphatic heterocycles. The lowest BCUT2D eigenvalue weighted by Gasteiger charge is -2.60. The largest absolute Gasteiger partial charge is 0.493 e. The zero-order chi connectivity index (χ0) is 17.4. The Hall–Kier alpha value is -1.30. The quantitative estimate of drug-likeness (QED) is 0.787. The Bertz CT molecular complexity index is 716. The standard InChI is InChI=1S/C20H27NO4/c1-21-10-9-19-13-7-8-20(23-3,24-4)18(19)25-17-15(22-2)6-5-12(16(17)19)11-14(13)21/h5-6,13-14,18H,7-11H2,1-4H3/t13-,14-,18-,19+/m1/s1. The number of piperidine rings is 1. The van der Waals surface area contributed by atoms with Crippen molar-refractivity contribution in [3.05, 3.63) is 23.3 Å². The first-order chi connectivity index (χ1) is 12.1. The van der Waals surface area contributed by atoms with E-state index in [1.54, 1.807) is 21.3 Å². The van der Waals surface area contributed by atoms with Gasteiger partial charge in [-0.05, 0) is 50.4 Å². The lowest BCUT2D eigenvalue weighted by molar-refractivity contribution is -0.292. The van der Waals surface area contributed by atoms with E-state index in [0.29, 0.717) is 12.0 Å². The van der Waals surface area contributed by atoms with E-state index in [1.165, 1.54) is 11.1 Å². The molecule has 5 nitrogen and oxygen atoms in total. The SMILES string of the molecule is COc1ccc2c3c1O[C@H]1C(OC)(OC)CC[C@@H]4[C@@H](C2)N(C)CC[C@@]341. The summed E-state index contributed by atoms with van der Waals surface area (Å²) in [6, 6.07) is 4.86. The zero-order valence-electron chi connectivity index (χ0n) is 15.5. The van der Waals surface area contributed by atoms with E-state index < -0.39 is 5.79 Å². The van der Waals surface area contributed by atoms with Crippen LogP contribution in [0.15, 0.2) is 12.1 Å². The summed E-state index contributed by atoms with van der Waals surface area (Å²) in [5.74, 6) is 1.66. The minimum absolute atomic E-state index is 0.0289. The van der Waals surface area contributed by atoms with Crippen molar-refractivity contribution in [2.45, 2.75) is 49.0 Å². The van der Waals surface area contributed by atoms with Crippen LogP contribution in [0.5, 0.6) is 11.5 Å². The predicted molar refractivity (Wildman–Crippen MR) is 93.3 cm³/mol. The second-order valence-corrected chi connectivity index (χ2v) is 8.04. The highest BCUT2D eigenvalue weighted by Gasteiger charge is 2.70. The van der Waals surface area contributed by atoms with E-state index in [1.807, 2.05) is 0 Å². The molecule has 1 saturated heterocycles. The normalized spacial score (nSPS) is 37.4. The number of methoxy groups -OCH3 is 3. The minimum Gasteiger partial charge on any atom is -0.493 e. The highest BCUT2D eigenvalue weighted by Crippen LogP contribution is 2.65. The van der Waals surface area contributed by atoms with Crippen molar-refractivity contribution in [1.82, 2.24) is 4.90 Å². The molecule has 2 bridgehead atoms. The van der Waals surface area contributed by atoms with Crippen molar-refractivity contribution >= 4 is 0 Å². The van der Waals surface area contributed by atoms with Crippen LogP contribution in [0.1, 0.15) is 30.4 Å². The van der Waals surface area contributed by atoms with Gasteiger partial charge in [0.2, 0.25) is 5.79 Å². The number of hydrogen-bond donors (Lipinski definition) is 0. The summed E-state index contributed by atoms with van der Waals surface area (Å²) in [6.45, 7) is 1.08. The van der Waals surface area contributed by atoms with Crippen LogP contribution < -0.4 is 9.47 Å². The van der Waals surface area contributed by atoms with Gasteiger partial charge in [0, 0.05) is 37.7 Å². The Kier molecular flexibility index (Phi) is 3.26. The molecular formula is C20H27NO4. The van der Waals surface area contributed by atoms with Gasteiger partial charge in [-0.25, -0.2) is 0 Å². The van der Waals surface area contributed by atoms with Gasteiger partial charge >= 0.3 is 0 Å². The summed E-state index contributed by atoms with van der Waals surface area (Å²) in [4.78, 5) is 2.55. The number of nitrogens with zero attached hydrogens (tertiary/aromatic N) is 1. The molecule has 2 aliphatic carbocycles. The summed E-state index contributed by atoms with van der Waals surface area (Å²) >= 11 is 0. The van der Waals surface area contributed by atoms with Crippen molar-refractivity contribution < 1.29 is 18.9 Å². The van der Waals surface area contributed by atoms with Gasteiger partial charge in [-0.3, -0.25) is 0 Å². The van der Waals surface area contributed by atoms with E-state index in [-0.39, 0.29) is 11.5 Å². The molecule has 0 radical (unpaired) electrons. The molecule has 25 heavy (non-hydrogen) atoms. The fraction of sp³-hybridized carbons (Fsp3) is 0.700. The molecule has 5 rings (SSSR count). The molecule has 5 heteroatoms. The molecule has 0 amide bonds. The molecule has 136 valence electrons. The Labute approximate surface area is 149 Å². The van der Waals surface area contributed by atoms with Gasteiger partial charge in [0.25, 0.3) is 0 Å². The first-order valence-corrected chi connectivity index (χ1v) is 9.29. The fourth-order valence-corrected chi connectivity index (χ4v) is 6.36. The molecule has 1 aromatic carbocycles. The van der Waals surface area contributed by atoms with Crippen LogP contribution in [-0.4, -0.2) is 57.8 Å². The van der Waals surface area contributed by atoms with Gasteiger partial charge in [0.05, 0.1) is 7.11 Å². The van der Waals surface area contributed by atoms with Gasteiger partial charge in [-0.2, -0.15) is 0 Å². The number of ether oxygens (including phenoxy) is 4. The van der Waals surface area contributed by atoms with Crippen molar-refractivity contribution in [3.63, 3.8) is 0 Å². The van der Waals surface area contributed by atoms with Crippen molar-refractivity contribution in [3.8, 4) is 11.5 Å². The third-order valence-corrected chi connectivity index (χ3v) is 7.49. The molecule has 2 heterocycles. The Morgan fingerprint density at radius 3 is 2.68 bits per heavy atom. The van der Waals surface area contributed by atoms with Crippen LogP contribution in [-0.2, 0) is 21.3 Å². The maximum absolute atomic E-state index is 6.64. The molecule has 1 spiro atoms. The molecule has 1 saturated carbocycles.